The summed E-state index contributed by atoms with van der Waals surface area (Å²) in [7, 11) is 0. The first-order valence-corrected chi connectivity index (χ1v) is 8.31. The van der Waals surface area contributed by atoms with E-state index in [9.17, 15) is 0 Å². The van der Waals surface area contributed by atoms with Crippen LogP contribution in [0.25, 0.3) is 0 Å². The smallest absolute Gasteiger partial charge is 0.0512 e. The van der Waals surface area contributed by atoms with Crippen molar-refractivity contribution in [3.8, 4) is 0 Å². The summed E-state index contributed by atoms with van der Waals surface area (Å²) in [4.78, 5) is 2.52. The molecule has 2 aliphatic rings. The first-order chi connectivity index (χ1) is 9.19. The van der Waals surface area contributed by atoms with E-state index in [4.69, 9.17) is 11.6 Å². The van der Waals surface area contributed by atoms with Gasteiger partial charge < -0.3 is 10.2 Å². The molecule has 0 radical (unpaired) electrons. The van der Waals surface area contributed by atoms with Gasteiger partial charge in [0.25, 0.3) is 0 Å². The van der Waals surface area contributed by atoms with Crippen molar-refractivity contribution < 1.29 is 0 Å². The number of anilines is 1. The molecule has 1 spiro atoms. The fourth-order valence-electron chi connectivity index (χ4n) is 3.45. The molecular weight excluding hydrogens is 324 g/mol. The average Bonchev–Trinajstić information content (AvgIpc) is 2.71. The van der Waals surface area contributed by atoms with Crippen molar-refractivity contribution >= 4 is 33.2 Å². The molecule has 19 heavy (non-hydrogen) atoms. The highest BCUT2D eigenvalue weighted by Gasteiger charge is 2.36. The molecule has 1 heterocycles. The van der Waals surface area contributed by atoms with E-state index in [-0.39, 0.29) is 0 Å². The maximum absolute atomic E-state index is 6.05. The van der Waals surface area contributed by atoms with Crippen LogP contribution in [-0.4, -0.2) is 25.2 Å². The van der Waals surface area contributed by atoms with Gasteiger partial charge in [-0.1, -0.05) is 24.4 Å². The van der Waals surface area contributed by atoms with Crippen LogP contribution in [0.15, 0.2) is 22.7 Å². The van der Waals surface area contributed by atoms with Crippen LogP contribution >= 0.6 is 27.5 Å². The largest absolute Gasteiger partial charge is 0.369 e. The summed E-state index contributed by atoms with van der Waals surface area (Å²) in [6.45, 7) is 3.38. The second-order valence-corrected chi connectivity index (χ2v) is 7.08. The van der Waals surface area contributed by atoms with E-state index in [2.05, 4.69) is 32.2 Å². The number of benzene rings is 1. The van der Waals surface area contributed by atoms with E-state index < -0.39 is 0 Å². The molecule has 2 fully saturated rings. The summed E-state index contributed by atoms with van der Waals surface area (Å²) in [6.07, 6.45) is 6.56. The van der Waals surface area contributed by atoms with Gasteiger partial charge in [0.05, 0.1) is 5.69 Å². The Hall–Kier alpha value is -0.250. The fraction of sp³-hybridized carbons (Fsp3) is 0.600. The van der Waals surface area contributed by atoms with Crippen LogP contribution in [0, 0.1) is 0 Å². The van der Waals surface area contributed by atoms with Crippen molar-refractivity contribution in [2.45, 2.75) is 37.6 Å². The Kier molecular flexibility index (Phi) is 4.06. The molecule has 1 aromatic carbocycles. The van der Waals surface area contributed by atoms with Crippen LogP contribution in [0.1, 0.15) is 32.1 Å². The summed E-state index contributed by atoms with van der Waals surface area (Å²) in [6, 6.07) is 6.12. The molecule has 104 valence electrons. The summed E-state index contributed by atoms with van der Waals surface area (Å²) in [5.41, 5.74) is 1.62. The number of rotatable bonds is 1. The Balaban J connectivity index is 1.86. The molecule has 4 heteroatoms. The van der Waals surface area contributed by atoms with Gasteiger partial charge in [0.1, 0.15) is 0 Å². The molecule has 1 saturated carbocycles. The van der Waals surface area contributed by atoms with Crippen molar-refractivity contribution in [3.63, 3.8) is 0 Å². The lowest BCUT2D eigenvalue weighted by Crippen LogP contribution is -2.49. The molecule has 0 amide bonds. The van der Waals surface area contributed by atoms with Crippen molar-refractivity contribution in [1.29, 1.82) is 0 Å². The predicted octanol–water partition coefficient (Wildman–Crippen LogP) is 4.22. The zero-order valence-electron chi connectivity index (χ0n) is 11.1. The van der Waals surface area contributed by atoms with Crippen LogP contribution in [0.5, 0.6) is 0 Å². The average molecular weight is 344 g/mol. The molecule has 1 aliphatic heterocycles. The van der Waals surface area contributed by atoms with E-state index in [1.54, 1.807) is 0 Å². The van der Waals surface area contributed by atoms with Crippen molar-refractivity contribution in [2.24, 2.45) is 0 Å². The Bertz CT molecular complexity index is 457. The monoisotopic (exact) mass is 342 g/mol. The second-order valence-electron chi connectivity index (χ2n) is 5.79. The molecule has 1 N–H and O–H groups in total. The van der Waals surface area contributed by atoms with Gasteiger partial charge in [0, 0.05) is 28.1 Å². The maximum atomic E-state index is 6.05. The van der Waals surface area contributed by atoms with Gasteiger partial charge >= 0.3 is 0 Å². The minimum absolute atomic E-state index is 0.343. The molecular formula is C15H20BrClN2. The lowest BCUT2D eigenvalue weighted by Gasteiger charge is -2.35. The Morgan fingerprint density at radius 1 is 1.21 bits per heavy atom. The molecule has 3 rings (SSSR count). The summed E-state index contributed by atoms with van der Waals surface area (Å²) in [5, 5.41) is 4.60. The molecule has 2 nitrogen and oxygen atoms in total. The minimum atomic E-state index is 0.343. The van der Waals surface area contributed by atoms with Gasteiger partial charge in [-0.2, -0.15) is 0 Å². The zero-order valence-corrected chi connectivity index (χ0v) is 13.4. The first kappa shape index (κ1) is 13.7. The highest BCUT2D eigenvalue weighted by Crippen LogP contribution is 2.36. The van der Waals surface area contributed by atoms with Crippen LogP contribution in [0.2, 0.25) is 5.02 Å². The Morgan fingerprint density at radius 3 is 2.74 bits per heavy atom. The maximum Gasteiger partial charge on any atom is 0.0512 e. The van der Waals surface area contributed by atoms with Gasteiger partial charge in [-0.25, -0.2) is 0 Å². The second kappa shape index (κ2) is 5.63. The fourth-order valence-corrected chi connectivity index (χ4v) is 4.39. The molecule has 1 saturated heterocycles. The van der Waals surface area contributed by atoms with Crippen molar-refractivity contribution in [3.05, 3.63) is 27.7 Å². The Labute approximate surface area is 128 Å². The van der Waals surface area contributed by atoms with Gasteiger partial charge in [-0.3, -0.25) is 0 Å². The van der Waals surface area contributed by atoms with E-state index in [1.165, 1.54) is 37.8 Å². The molecule has 1 aromatic rings. The van der Waals surface area contributed by atoms with Gasteiger partial charge in [0.15, 0.2) is 0 Å². The van der Waals surface area contributed by atoms with Crippen LogP contribution in [0.4, 0.5) is 5.69 Å². The SMILES string of the molecule is Clc1ccc(N2CCCNC3(CCCC3)C2)c(Br)c1. The predicted molar refractivity (Wildman–Crippen MR) is 85.2 cm³/mol. The van der Waals surface area contributed by atoms with E-state index in [1.807, 2.05) is 12.1 Å². The molecule has 0 bridgehead atoms. The number of halogens is 2. The number of hydrogen-bond acceptors (Lipinski definition) is 2. The molecule has 0 aromatic heterocycles. The third kappa shape index (κ3) is 2.93. The highest BCUT2D eigenvalue weighted by atomic mass is 79.9. The summed E-state index contributed by atoms with van der Waals surface area (Å²) >= 11 is 9.71. The normalized spacial score (nSPS) is 22.7. The number of hydrogen-bond donors (Lipinski definition) is 1. The van der Waals surface area contributed by atoms with Crippen molar-refractivity contribution in [2.75, 3.05) is 24.5 Å². The summed E-state index contributed by atoms with van der Waals surface area (Å²) < 4.78 is 1.11. The van der Waals surface area contributed by atoms with Crippen LogP contribution in [0.3, 0.4) is 0 Å². The lowest BCUT2D eigenvalue weighted by atomic mass is 9.97. The van der Waals surface area contributed by atoms with Gasteiger partial charge in [-0.05, 0) is 59.9 Å². The third-order valence-electron chi connectivity index (χ3n) is 4.41. The number of nitrogens with one attached hydrogen (secondary N) is 1. The number of nitrogens with zero attached hydrogens (tertiary/aromatic N) is 1. The first-order valence-electron chi connectivity index (χ1n) is 7.14. The minimum Gasteiger partial charge on any atom is -0.369 e. The topological polar surface area (TPSA) is 15.3 Å². The van der Waals surface area contributed by atoms with E-state index in [0.29, 0.717) is 5.54 Å². The highest BCUT2D eigenvalue weighted by molar-refractivity contribution is 9.10. The zero-order chi connectivity index (χ0) is 13.3. The van der Waals surface area contributed by atoms with E-state index >= 15 is 0 Å². The molecule has 1 aliphatic carbocycles. The Morgan fingerprint density at radius 2 is 2.00 bits per heavy atom. The van der Waals surface area contributed by atoms with Gasteiger partial charge in [0.2, 0.25) is 0 Å². The van der Waals surface area contributed by atoms with Gasteiger partial charge in [-0.15, -0.1) is 0 Å². The quantitative estimate of drug-likeness (QED) is 0.821. The van der Waals surface area contributed by atoms with Crippen LogP contribution < -0.4 is 10.2 Å². The van der Waals surface area contributed by atoms with E-state index in [0.717, 1.165) is 29.1 Å². The standard InChI is InChI=1S/C15H20BrClN2/c16-13-10-12(17)4-5-14(13)19-9-3-8-18-15(11-19)6-1-2-7-15/h4-5,10,18H,1-3,6-9,11H2. The molecule has 0 unspecified atom stereocenters. The van der Waals surface area contributed by atoms with Crippen LogP contribution in [-0.2, 0) is 0 Å². The lowest BCUT2D eigenvalue weighted by molar-refractivity contribution is 0.354. The molecule has 0 atom stereocenters. The summed E-state index contributed by atoms with van der Waals surface area (Å²) in [5.74, 6) is 0. The third-order valence-corrected chi connectivity index (χ3v) is 5.28. The van der Waals surface area contributed by atoms with Crippen molar-refractivity contribution in [1.82, 2.24) is 5.32 Å².